The van der Waals surface area contributed by atoms with Crippen LogP contribution in [0.1, 0.15) is 10.5 Å². The Morgan fingerprint density at radius 3 is 2.58 bits per heavy atom. The highest BCUT2D eigenvalue weighted by molar-refractivity contribution is 6.04. The number of amides is 1. The summed E-state index contributed by atoms with van der Waals surface area (Å²) in [7, 11) is 3.76. The van der Waals surface area contributed by atoms with E-state index in [0.29, 0.717) is 5.69 Å². The van der Waals surface area contributed by atoms with Crippen LogP contribution in [0.5, 0.6) is 0 Å². The number of nitrogens with zero attached hydrogens (tertiary/aromatic N) is 2. The highest BCUT2D eigenvalue weighted by Gasteiger charge is 2.11. The second-order valence-electron chi connectivity index (χ2n) is 4.21. The lowest BCUT2D eigenvalue weighted by Gasteiger charge is -2.17. The molecule has 0 saturated carbocycles. The van der Waals surface area contributed by atoms with E-state index < -0.39 is 11.9 Å². The van der Waals surface area contributed by atoms with Gasteiger partial charge >= 0.3 is 0 Å². The number of rotatable bonds is 3. The van der Waals surface area contributed by atoms with Crippen molar-refractivity contribution in [2.45, 2.75) is 0 Å². The van der Waals surface area contributed by atoms with Crippen molar-refractivity contribution >= 4 is 17.3 Å². The molecule has 1 aromatic heterocycles. The van der Waals surface area contributed by atoms with Crippen molar-refractivity contribution in [1.29, 1.82) is 0 Å². The average molecular weight is 259 g/mol. The van der Waals surface area contributed by atoms with Gasteiger partial charge in [-0.25, -0.2) is 4.98 Å². The molecule has 0 aliphatic carbocycles. The number of carbonyl (C=O) groups excluding carboxylic acids is 1. The Hall–Kier alpha value is -2.43. The van der Waals surface area contributed by atoms with Gasteiger partial charge in [-0.15, -0.1) is 0 Å². The maximum atomic E-state index is 13.0. The van der Waals surface area contributed by atoms with Crippen LogP contribution in [0.15, 0.2) is 42.5 Å². The number of halogens is 1. The molecule has 0 saturated heterocycles. The zero-order valence-electron chi connectivity index (χ0n) is 10.7. The Kier molecular flexibility index (Phi) is 3.75. The van der Waals surface area contributed by atoms with Gasteiger partial charge in [0.25, 0.3) is 5.91 Å². The number of para-hydroxylation sites is 2. The summed E-state index contributed by atoms with van der Waals surface area (Å²) >= 11 is 0. The number of carbonyl (C=O) groups is 1. The SMILES string of the molecule is CN(C)c1ccccc1NC(=O)c1cccc(F)n1. The minimum atomic E-state index is -0.673. The number of benzene rings is 1. The van der Waals surface area contributed by atoms with E-state index in [1.54, 1.807) is 6.07 Å². The lowest BCUT2D eigenvalue weighted by atomic mass is 10.2. The van der Waals surface area contributed by atoms with Gasteiger partial charge in [-0.1, -0.05) is 18.2 Å². The molecule has 1 N–H and O–H groups in total. The van der Waals surface area contributed by atoms with Crippen molar-refractivity contribution in [2.75, 3.05) is 24.3 Å². The Morgan fingerprint density at radius 2 is 1.89 bits per heavy atom. The second kappa shape index (κ2) is 5.48. The summed E-state index contributed by atoms with van der Waals surface area (Å²) in [6.07, 6.45) is 0. The zero-order chi connectivity index (χ0) is 13.8. The third-order valence-corrected chi connectivity index (χ3v) is 2.58. The molecule has 0 fully saturated rings. The van der Waals surface area contributed by atoms with E-state index in [4.69, 9.17) is 0 Å². The maximum Gasteiger partial charge on any atom is 0.274 e. The Labute approximate surface area is 110 Å². The summed E-state index contributed by atoms with van der Waals surface area (Å²) in [6, 6.07) is 11.5. The topological polar surface area (TPSA) is 45.2 Å². The fourth-order valence-corrected chi connectivity index (χ4v) is 1.69. The van der Waals surface area contributed by atoms with E-state index in [-0.39, 0.29) is 5.69 Å². The summed E-state index contributed by atoms with van der Waals surface area (Å²) in [5, 5.41) is 2.73. The Balaban J connectivity index is 2.24. The van der Waals surface area contributed by atoms with Gasteiger partial charge in [-0.05, 0) is 24.3 Å². The van der Waals surface area contributed by atoms with Gasteiger partial charge in [0.05, 0.1) is 11.4 Å². The van der Waals surface area contributed by atoms with E-state index in [9.17, 15) is 9.18 Å². The molecule has 0 spiro atoms. The first kappa shape index (κ1) is 13.0. The van der Waals surface area contributed by atoms with Crippen LogP contribution in [0.2, 0.25) is 0 Å². The number of hydrogen-bond acceptors (Lipinski definition) is 3. The van der Waals surface area contributed by atoms with Gasteiger partial charge in [-0.3, -0.25) is 4.79 Å². The van der Waals surface area contributed by atoms with Crippen LogP contribution < -0.4 is 10.2 Å². The van der Waals surface area contributed by atoms with Crippen molar-refractivity contribution in [3.05, 3.63) is 54.1 Å². The molecule has 1 amide bonds. The molecule has 0 bridgehead atoms. The third-order valence-electron chi connectivity index (χ3n) is 2.58. The Bertz CT molecular complexity index is 599. The minimum Gasteiger partial charge on any atom is -0.376 e. The van der Waals surface area contributed by atoms with Gasteiger partial charge in [-0.2, -0.15) is 4.39 Å². The molecule has 1 heterocycles. The van der Waals surface area contributed by atoms with Crippen LogP contribution in [0.4, 0.5) is 15.8 Å². The summed E-state index contributed by atoms with van der Waals surface area (Å²) in [4.78, 5) is 17.4. The van der Waals surface area contributed by atoms with Crippen LogP contribution in [0.25, 0.3) is 0 Å². The quantitative estimate of drug-likeness (QED) is 0.861. The molecular weight excluding hydrogens is 245 g/mol. The molecule has 0 radical (unpaired) electrons. The summed E-state index contributed by atoms with van der Waals surface area (Å²) in [5.41, 5.74) is 1.57. The first-order valence-corrected chi connectivity index (χ1v) is 5.78. The molecular formula is C14H14FN3O. The van der Waals surface area contributed by atoms with E-state index in [1.165, 1.54) is 18.2 Å². The van der Waals surface area contributed by atoms with Crippen LogP contribution in [0, 0.1) is 5.95 Å². The molecule has 98 valence electrons. The van der Waals surface area contributed by atoms with Crippen LogP contribution >= 0.6 is 0 Å². The van der Waals surface area contributed by atoms with Gasteiger partial charge in [0.1, 0.15) is 5.69 Å². The van der Waals surface area contributed by atoms with E-state index in [1.807, 2.05) is 37.2 Å². The molecule has 0 aliphatic heterocycles. The fourth-order valence-electron chi connectivity index (χ4n) is 1.69. The number of hydrogen-bond donors (Lipinski definition) is 1. The zero-order valence-corrected chi connectivity index (χ0v) is 10.7. The predicted octanol–water partition coefficient (Wildman–Crippen LogP) is 2.54. The van der Waals surface area contributed by atoms with Crippen molar-refractivity contribution in [3.63, 3.8) is 0 Å². The molecule has 19 heavy (non-hydrogen) atoms. The first-order chi connectivity index (χ1) is 9.08. The molecule has 0 unspecified atom stereocenters. The molecule has 2 rings (SSSR count). The number of anilines is 2. The highest BCUT2D eigenvalue weighted by atomic mass is 19.1. The van der Waals surface area contributed by atoms with Gasteiger partial charge in [0.15, 0.2) is 0 Å². The smallest absolute Gasteiger partial charge is 0.274 e. The van der Waals surface area contributed by atoms with Crippen LogP contribution in [-0.2, 0) is 0 Å². The highest BCUT2D eigenvalue weighted by Crippen LogP contribution is 2.23. The van der Waals surface area contributed by atoms with Crippen molar-refractivity contribution in [1.82, 2.24) is 4.98 Å². The van der Waals surface area contributed by atoms with Crippen LogP contribution in [0.3, 0.4) is 0 Å². The summed E-state index contributed by atoms with van der Waals surface area (Å²) in [5.74, 6) is -1.11. The average Bonchev–Trinajstić information content (AvgIpc) is 2.39. The van der Waals surface area contributed by atoms with E-state index in [0.717, 1.165) is 5.69 Å². The van der Waals surface area contributed by atoms with Gasteiger partial charge in [0, 0.05) is 14.1 Å². The largest absolute Gasteiger partial charge is 0.376 e. The normalized spacial score (nSPS) is 10.1. The van der Waals surface area contributed by atoms with E-state index >= 15 is 0 Å². The van der Waals surface area contributed by atoms with E-state index in [2.05, 4.69) is 10.3 Å². The standard InChI is InChI=1S/C14H14FN3O/c1-18(2)12-8-4-3-6-10(12)17-14(19)11-7-5-9-13(15)16-11/h3-9H,1-2H3,(H,17,19). The minimum absolute atomic E-state index is 0.0496. The predicted molar refractivity (Wildman–Crippen MR) is 72.9 cm³/mol. The molecule has 0 atom stereocenters. The second-order valence-corrected chi connectivity index (χ2v) is 4.21. The number of pyridine rings is 1. The van der Waals surface area contributed by atoms with Crippen molar-refractivity contribution in [3.8, 4) is 0 Å². The summed E-state index contributed by atoms with van der Waals surface area (Å²) < 4.78 is 13.0. The van der Waals surface area contributed by atoms with Crippen molar-refractivity contribution in [2.24, 2.45) is 0 Å². The summed E-state index contributed by atoms with van der Waals surface area (Å²) in [6.45, 7) is 0. The molecule has 4 nitrogen and oxygen atoms in total. The van der Waals surface area contributed by atoms with Crippen molar-refractivity contribution < 1.29 is 9.18 Å². The fraction of sp³-hybridized carbons (Fsp3) is 0.143. The maximum absolute atomic E-state index is 13.0. The Morgan fingerprint density at radius 1 is 1.16 bits per heavy atom. The van der Waals surface area contributed by atoms with Gasteiger partial charge < -0.3 is 10.2 Å². The lowest BCUT2D eigenvalue weighted by molar-refractivity contribution is 0.102. The third kappa shape index (κ3) is 3.07. The lowest BCUT2D eigenvalue weighted by Crippen LogP contribution is -2.17. The molecule has 5 heteroatoms. The molecule has 1 aromatic carbocycles. The monoisotopic (exact) mass is 259 g/mol. The molecule has 2 aromatic rings. The first-order valence-electron chi connectivity index (χ1n) is 5.78. The molecule has 0 aliphatic rings. The van der Waals surface area contributed by atoms with Crippen LogP contribution in [-0.4, -0.2) is 25.0 Å². The number of nitrogens with one attached hydrogen (secondary N) is 1. The van der Waals surface area contributed by atoms with Gasteiger partial charge in [0.2, 0.25) is 5.95 Å². The number of aromatic nitrogens is 1.